The number of carbonyl (C=O) groups excluding carboxylic acids is 1. The van der Waals surface area contributed by atoms with E-state index in [-0.39, 0.29) is 18.4 Å². The van der Waals surface area contributed by atoms with Gasteiger partial charge in [0, 0.05) is 6.20 Å². The Morgan fingerprint density at radius 1 is 1.03 bits per heavy atom. The summed E-state index contributed by atoms with van der Waals surface area (Å²) in [6, 6.07) is 14.3. The number of esters is 1. The Labute approximate surface area is 199 Å². The smallest absolute Gasteiger partial charge is 0.341 e. The molecule has 176 valence electrons. The van der Waals surface area contributed by atoms with Crippen LogP contribution in [0.15, 0.2) is 67.1 Å². The van der Waals surface area contributed by atoms with Crippen LogP contribution in [0.2, 0.25) is 0 Å². The number of ether oxygens (including phenoxy) is 2. The fourth-order valence-electron chi connectivity index (χ4n) is 3.73. The monoisotopic (exact) mass is 472 g/mol. The molecule has 0 saturated heterocycles. The molecule has 35 heavy (non-hydrogen) atoms. The number of hydrogen-bond acceptors (Lipinski definition) is 7. The minimum absolute atomic E-state index is 0.239. The molecule has 0 aliphatic rings. The Bertz CT molecular complexity index is 1510. The van der Waals surface area contributed by atoms with Crippen molar-refractivity contribution in [3.8, 4) is 23.0 Å². The zero-order valence-electron chi connectivity index (χ0n) is 19.1. The van der Waals surface area contributed by atoms with Crippen LogP contribution in [0, 0.1) is 5.82 Å². The lowest BCUT2D eigenvalue weighted by atomic mass is 10.0. The summed E-state index contributed by atoms with van der Waals surface area (Å²) in [5, 5.41) is 8.66. The Balaban J connectivity index is 1.46. The molecule has 0 N–H and O–H groups in total. The molecule has 0 saturated carbocycles. The van der Waals surface area contributed by atoms with Crippen molar-refractivity contribution in [2.45, 2.75) is 13.5 Å². The fraction of sp³-hybridized carbons (Fsp3) is 0.160. The fourth-order valence-corrected chi connectivity index (χ4v) is 3.73. The molecular formula is C25H21FN6O3. The van der Waals surface area contributed by atoms with Crippen LogP contribution in [0.1, 0.15) is 22.8 Å². The number of hydrogen-bond donors (Lipinski definition) is 0. The van der Waals surface area contributed by atoms with Crippen molar-refractivity contribution in [3.63, 3.8) is 0 Å². The molecule has 0 spiro atoms. The van der Waals surface area contributed by atoms with Gasteiger partial charge in [0.25, 0.3) is 5.95 Å². The zero-order chi connectivity index (χ0) is 24.4. The van der Waals surface area contributed by atoms with Crippen molar-refractivity contribution < 1.29 is 18.7 Å². The molecule has 2 aromatic carbocycles. The van der Waals surface area contributed by atoms with Gasteiger partial charge in [0.2, 0.25) is 5.88 Å². The molecule has 10 heteroatoms. The van der Waals surface area contributed by atoms with Gasteiger partial charge in [-0.05, 0) is 41.8 Å². The van der Waals surface area contributed by atoms with E-state index in [4.69, 9.17) is 9.47 Å². The number of nitrogens with zero attached hydrogens (tertiary/aromatic N) is 6. The van der Waals surface area contributed by atoms with Crippen molar-refractivity contribution in [1.29, 1.82) is 0 Å². The molecule has 0 unspecified atom stereocenters. The third-order valence-corrected chi connectivity index (χ3v) is 5.37. The minimum Gasteiger partial charge on any atom is -0.479 e. The van der Waals surface area contributed by atoms with E-state index >= 15 is 0 Å². The third-order valence-electron chi connectivity index (χ3n) is 5.37. The summed E-state index contributed by atoms with van der Waals surface area (Å²) in [7, 11) is 1.52. The number of carbonyl (C=O) groups is 1. The number of halogens is 1. The standard InChI is InChI=1S/C25H21FN6O3/c1-3-35-24(33)19-12-27-32(15-19)25-29-21-13-28-31(22(21)23(30-25)34-2)14-16-5-4-6-18(11-16)17-7-9-20(26)10-8-17/h4-13,15H,3,14H2,1-2H3. The normalized spacial score (nSPS) is 11.1. The van der Waals surface area contributed by atoms with Gasteiger partial charge < -0.3 is 9.47 Å². The highest BCUT2D eigenvalue weighted by molar-refractivity contribution is 5.88. The molecule has 5 aromatic rings. The van der Waals surface area contributed by atoms with Gasteiger partial charge >= 0.3 is 5.97 Å². The third kappa shape index (κ3) is 4.45. The van der Waals surface area contributed by atoms with E-state index in [1.54, 1.807) is 29.9 Å². The molecule has 0 atom stereocenters. The molecule has 0 bridgehead atoms. The molecular weight excluding hydrogens is 451 g/mol. The van der Waals surface area contributed by atoms with Crippen LogP contribution in [0.3, 0.4) is 0 Å². The Kier molecular flexibility index (Phi) is 5.92. The number of rotatable bonds is 7. The lowest BCUT2D eigenvalue weighted by Crippen LogP contribution is -2.07. The van der Waals surface area contributed by atoms with E-state index in [9.17, 15) is 9.18 Å². The summed E-state index contributed by atoms with van der Waals surface area (Å²) in [6.07, 6.45) is 4.53. The summed E-state index contributed by atoms with van der Waals surface area (Å²) in [5.74, 6) is -0.179. The summed E-state index contributed by atoms with van der Waals surface area (Å²) in [4.78, 5) is 21.0. The lowest BCUT2D eigenvalue weighted by molar-refractivity contribution is 0.0526. The van der Waals surface area contributed by atoms with Crippen molar-refractivity contribution in [3.05, 3.63) is 84.1 Å². The van der Waals surface area contributed by atoms with Crippen LogP contribution >= 0.6 is 0 Å². The average Bonchev–Trinajstić information content (AvgIpc) is 3.52. The van der Waals surface area contributed by atoms with E-state index in [0.29, 0.717) is 29.0 Å². The van der Waals surface area contributed by atoms with E-state index in [2.05, 4.69) is 20.2 Å². The van der Waals surface area contributed by atoms with E-state index in [1.165, 1.54) is 36.3 Å². The van der Waals surface area contributed by atoms with E-state index < -0.39 is 5.97 Å². The minimum atomic E-state index is -0.470. The average molecular weight is 472 g/mol. The van der Waals surface area contributed by atoms with Gasteiger partial charge in [0.15, 0.2) is 0 Å². The Morgan fingerprint density at radius 2 is 1.86 bits per heavy atom. The van der Waals surface area contributed by atoms with Crippen molar-refractivity contribution in [2.75, 3.05) is 13.7 Å². The first kappa shape index (κ1) is 22.2. The second kappa shape index (κ2) is 9.34. The molecule has 0 aliphatic heterocycles. The zero-order valence-corrected chi connectivity index (χ0v) is 19.1. The van der Waals surface area contributed by atoms with E-state index in [1.807, 2.05) is 24.3 Å². The molecule has 5 rings (SSSR count). The van der Waals surface area contributed by atoms with Crippen molar-refractivity contribution >= 4 is 17.0 Å². The predicted octanol–water partition coefficient (Wildman–Crippen LogP) is 4.05. The van der Waals surface area contributed by atoms with Crippen molar-refractivity contribution in [2.24, 2.45) is 0 Å². The predicted molar refractivity (Wildman–Crippen MR) is 126 cm³/mol. The topological polar surface area (TPSA) is 97.0 Å². The van der Waals surface area contributed by atoms with Crippen LogP contribution < -0.4 is 4.74 Å². The van der Waals surface area contributed by atoms with Gasteiger partial charge in [-0.2, -0.15) is 15.2 Å². The van der Waals surface area contributed by atoms with Gasteiger partial charge in [-0.3, -0.25) is 4.68 Å². The first-order valence-electron chi connectivity index (χ1n) is 10.9. The molecule has 0 aliphatic carbocycles. The van der Waals surface area contributed by atoms with Gasteiger partial charge in [0.1, 0.15) is 16.9 Å². The first-order valence-corrected chi connectivity index (χ1v) is 10.9. The molecule has 0 radical (unpaired) electrons. The van der Waals surface area contributed by atoms with Gasteiger partial charge in [0.05, 0.1) is 38.2 Å². The largest absolute Gasteiger partial charge is 0.479 e. The second-order valence-corrected chi connectivity index (χ2v) is 7.67. The molecule has 9 nitrogen and oxygen atoms in total. The number of methoxy groups -OCH3 is 1. The van der Waals surface area contributed by atoms with Gasteiger partial charge in [-0.25, -0.2) is 18.9 Å². The summed E-state index contributed by atoms with van der Waals surface area (Å²) < 4.78 is 27.0. The Morgan fingerprint density at radius 3 is 2.63 bits per heavy atom. The van der Waals surface area contributed by atoms with Crippen molar-refractivity contribution in [1.82, 2.24) is 29.5 Å². The number of fused-ring (bicyclic) bond motifs is 1. The molecule has 0 amide bonds. The van der Waals surface area contributed by atoms with Gasteiger partial charge in [-0.15, -0.1) is 0 Å². The maximum absolute atomic E-state index is 13.3. The van der Waals surface area contributed by atoms with Crippen LogP contribution in [0.5, 0.6) is 5.88 Å². The van der Waals surface area contributed by atoms with Crippen LogP contribution in [0.25, 0.3) is 28.1 Å². The quantitative estimate of drug-likeness (QED) is 0.330. The SMILES string of the molecule is CCOC(=O)c1cnn(-c2nc(OC)c3c(cnn3Cc3cccc(-c4ccc(F)cc4)c3)n2)c1. The highest BCUT2D eigenvalue weighted by Crippen LogP contribution is 2.26. The summed E-state index contributed by atoms with van der Waals surface area (Å²) in [6.45, 7) is 2.46. The van der Waals surface area contributed by atoms with Gasteiger partial charge in [-0.1, -0.05) is 30.3 Å². The lowest BCUT2D eigenvalue weighted by Gasteiger charge is -2.09. The van der Waals surface area contributed by atoms with Crippen LogP contribution in [-0.4, -0.2) is 49.2 Å². The molecule has 0 fully saturated rings. The summed E-state index contributed by atoms with van der Waals surface area (Å²) >= 11 is 0. The maximum Gasteiger partial charge on any atom is 0.341 e. The number of benzene rings is 2. The number of aromatic nitrogens is 6. The summed E-state index contributed by atoms with van der Waals surface area (Å²) in [5.41, 5.74) is 4.38. The highest BCUT2D eigenvalue weighted by Gasteiger charge is 2.18. The molecule has 3 heterocycles. The highest BCUT2D eigenvalue weighted by atomic mass is 19.1. The second-order valence-electron chi connectivity index (χ2n) is 7.67. The van der Waals surface area contributed by atoms with E-state index in [0.717, 1.165) is 16.7 Å². The molecule has 3 aromatic heterocycles. The first-order chi connectivity index (χ1) is 17.1. The Hall–Kier alpha value is -4.60. The van der Waals surface area contributed by atoms with Crippen LogP contribution in [0.4, 0.5) is 4.39 Å². The maximum atomic E-state index is 13.3. The van der Waals surface area contributed by atoms with Crippen LogP contribution in [-0.2, 0) is 11.3 Å².